The Balaban J connectivity index is 2.40. The Hall–Kier alpha value is -0.820. The van der Waals surface area contributed by atoms with E-state index in [2.05, 4.69) is 52.8 Å². The van der Waals surface area contributed by atoms with E-state index >= 15 is 0 Å². The van der Waals surface area contributed by atoms with Gasteiger partial charge in [0, 0.05) is 0 Å². The average Bonchev–Trinajstić information content (AvgIpc) is 2.85. The second kappa shape index (κ2) is 5.89. The van der Waals surface area contributed by atoms with Crippen LogP contribution in [0.1, 0.15) is 94.9 Å². The number of hydrogen-bond acceptors (Lipinski definition) is 1. The molecule has 1 atom stereocenters. The third-order valence-electron chi connectivity index (χ3n) is 5.10. The van der Waals surface area contributed by atoms with Crippen molar-refractivity contribution in [2.24, 2.45) is 5.41 Å². The second-order valence-corrected chi connectivity index (χ2v) is 7.46. The van der Waals surface area contributed by atoms with E-state index in [1.165, 1.54) is 24.0 Å². The predicted molar refractivity (Wildman–Crippen MR) is 86.2 cm³/mol. The van der Waals surface area contributed by atoms with Crippen LogP contribution in [-0.2, 0) is 0 Å². The average molecular weight is 274 g/mol. The van der Waals surface area contributed by atoms with Crippen LogP contribution in [0.3, 0.4) is 0 Å². The summed E-state index contributed by atoms with van der Waals surface area (Å²) in [7, 11) is 0. The minimum absolute atomic E-state index is 0.0724. The zero-order chi connectivity index (χ0) is 14.9. The molecule has 1 aromatic carbocycles. The van der Waals surface area contributed by atoms with Gasteiger partial charge < -0.3 is 5.11 Å². The van der Waals surface area contributed by atoms with Crippen molar-refractivity contribution in [3.63, 3.8) is 0 Å². The maximum absolute atomic E-state index is 10.9. The first-order chi connectivity index (χ1) is 9.35. The summed E-state index contributed by atoms with van der Waals surface area (Å²) in [6.07, 6.45) is 4.50. The maximum Gasteiger partial charge on any atom is 0.0846 e. The maximum atomic E-state index is 10.9. The minimum atomic E-state index is -0.316. The smallest absolute Gasteiger partial charge is 0.0846 e. The van der Waals surface area contributed by atoms with Gasteiger partial charge in [-0.3, -0.25) is 0 Å². The molecule has 1 heteroatoms. The fourth-order valence-corrected chi connectivity index (χ4v) is 3.53. The molecule has 1 fully saturated rings. The van der Waals surface area contributed by atoms with Crippen molar-refractivity contribution in [2.75, 3.05) is 0 Å². The molecule has 1 saturated carbocycles. The Morgan fingerprint density at radius 3 is 2.05 bits per heavy atom. The van der Waals surface area contributed by atoms with Gasteiger partial charge in [0.15, 0.2) is 0 Å². The number of aliphatic hydroxyl groups excluding tert-OH is 1. The molecule has 1 aromatic rings. The number of aliphatic hydroxyl groups is 1. The standard InChI is InChI=1S/C19H30O/c1-13(2)15-8-9-16(17(12-15)14(3)4)18(20)19(5)10-6-7-11-19/h8-9,12-14,18,20H,6-7,10-11H2,1-5H3. The first-order valence-electron chi connectivity index (χ1n) is 8.17. The lowest BCUT2D eigenvalue weighted by Gasteiger charge is -2.32. The van der Waals surface area contributed by atoms with Crippen LogP contribution in [0.15, 0.2) is 18.2 Å². The van der Waals surface area contributed by atoms with E-state index in [0.29, 0.717) is 11.8 Å². The molecule has 1 aliphatic rings. The van der Waals surface area contributed by atoms with Gasteiger partial charge in [0.2, 0.25) is 0 Å². The number of hydrogen-bond donors (Lipinski definition) is 1. The van der Waals surface area contributed by atoms with Crippen LogP contribution in [0.25, 0.3) is 0 Å². The summed E-state index contributed by atoms with van der Waals surface area (Å²) >= 11 is 0. The minimum Gasteiger partial charge on any atom is -0.388 e. The Kier molecular flexibility index (Phi) is 4.59. The zero-order valence-corrected chi connectivity index (χ0v) is 13.7. The zero-order valence-electron chi connectivity index (χ0n) is 13.7. The summed E-state index contributed by atoms with van der Waals surface area (Å²) < 4.78 is 0. The van der Waals surface area contributed by atoms with Gasteiger partial charge in [-0.25, -0.2) is 0 Å². The van der Waals surface area contributed by atoms with Gasteiger partial charge in [0.1, 0.15) is 0 Å². The predicted octanol–water partition coefficient (Wildman–Crippen LogP) is 5.55. The largest absolute Gasteiger partial charge is 0.388 e. The summed E-state index contributed by atoms with van der Waals surface area (Å²) in [5.74, 6) is 1.00. The van der Waals surface area contributed by atoms with Crippen LogP contribution in [0, 0.1) is 5.41 Å². The van der Waals surface area contributed by atoms with Crippen molar-refractivity contribution in [2.45, 2.75) is 78.2 Å². The van der Waals surface area contributed by atoms with Gasteiger partial charge in [0.05, 0.1) is 6.10 Å². The molecule has 0 saturated heterocycles. The van der Waals surface area contributed by atoms with Crippen LogP contribution >= 0.6 is 0 Å². The van der Waals surface area contributed by atoms with E-state index in [9.17, 15) is 5.11 Å². The third kappa shape index (κ3) is 2.93. The SMILES string of the molecule is CC(C)c1ccc(C(O)C2(C)CCCC2)c(C(C)C)c1. The normalized spacial score (nSPS) is 19.8. The van der Waals surface area contributed by atoms with E-state index in [1.807, 2.05) is 0 Å². The highest BCUT2D eigenvalue weighted by Crippen LogP contribution is 2.48. The van der Waals surface area contributed by atoms with Crippen LogP contribution in [0.2, 0.25) is 0 Å². The molecule has 0 bridgehead atoms. The summed E-state index contributed by atoms with van der Waals surface area (Å²) in [6, 6.07) is 6.69. The van der Waals surface area contributed by atoms with Gasteiger partial charge >= 0.3 is 0 Å². The van der Waals surface area contributed by atoms with Crippen molar-refractivity contribution in [1.29, 1.82) is 0 Å². The fraction of sp³-hybridized carbons (Fsp3) is 0.684. The Bertz CT molecular complexity index is 453. The molecular formula is C19H30O. The topological polar surface area (TPSA) is 20.2 Å². The highest BCUT2D eigenvalue weighted by molar-refractivity contribution is 5.37. The summed E-state index contributed by atoms with van der Waals surface area (Å²) in [5, 5.41) is 10.9. The lowest BCUT2D eigenvalue weighted by molar-refractivity contribution is 0.0399. The molecule has 1 aliphatic carbocycles. The molecule has 1 N–H and O–H groups in total. The van der Waals surface area contributed by atoms with Crippen molar-refractivity contribution < 1.29 is 5.11 Å². The van der Waals surface area contributed by atoms with E-state index in [-0.39, 0.29) is 11.5 Å². The summed E-state index contributed by atoms with van der Waals surface area (Å²) in [5.41, 5.74) is 3.94. The lowest BCUT2D eigenvalue weighted by atomic mass is 9.76. The molecule has 0 aromatic heterocycles. The molecule has 112 valence electrons. The molecule has 0 heterocycles. The molecule has 1 nitrogen and oxygen atoms in total. The van der Waals surface area contributed by atoms with Crippen LogP contribution in [0.5, 0.6) is 0 Å². The van der Waals surface area contributed by atoms with Crippen LogP contribution < -0.4 is 0 Å². The molecule has 0 aliphatic heterocycles. The highest BCUT2D eigenvalue weighted by Gasteiger charge is 2.37. The van der Waals surface area contributed by atoms with Crippen molar-refractivity contribution in [1.82, 2.24) is 0 Å². The summed E-state index contributed by atoms with van der Waals surface area (Å²) in [4.78, 5) is 0. The first kappa shape index (κ1) is 15.6. The number of rotatable bonds is 4. The molecule has 20 heavy (non-hydrogen) atoms. The van der Waals surface area contributed by atoms with Crippen molar-refractivity contribution in [3.8, 4) is 0 Å². The lowest BCUT2D eigenvalue weighted by Crippen LogP contribution is -2.23. The monoisotopic (exact) mass is 274 g/mol. The van der Waals surface area contributed by atoms with Crippen LogP contribution in [-0.4, -0.2) is 5.11 Å². The third-order valence-corrected chi connectivity index (χ3v) is 5.10. The molecule has 0 spiro atoms. The van der Waals surface area contributed by atoms with Gasteiger partial charge in [-0.1, -0.05) is 65.7 Å². The summed E-state index contributed by atoms with van der Waals surface area (Å²) in [6.45, 7) is 11.2. The van der Waals surface area contributed by atoms with Gasteiger partial charge in [0.25, 0.3) is 0 Å². The molecule has 1 unspecified atom stereocenters. The Labute approximate surface area is 124 Å². The van der Waals surface area contributed by atoms with Crippen LogP contribution in [0.4, 0.5) is 0 Å². The van der Waals surface area contributed by atoms with E-state index in [4.69, 9.17) is 0 Å². The van der Waals surface area contributed by atoms with E-state index in [0.717, 1.165) is 18.4 Å². The molecular weight excluding hydrogens is 244 g/mol. The van der Waals surface area contributed by atoms with Gasteiger partial charge in [-0.05, 0) is 46.8 Å². The molecule has 2 rings (SSSR count). The van der Waals surface area contributed by atoms with E-state index in [1.54, 1.807) is 0 Å². The quantitative estimate of drug-likeness (QED) is 0.763. The fourth-order valence-electron chi connectivity index (χ4n) is 3.53. The first-order valence-corrected chi connectivity index (χ1v) is 8.17. The van der Waals surface area contributed by atoms with Gasteiger partial charge in [-0.15, -0.1) is 0 Å². The van der Waals surface area contributed by atoms with E-state index < -0.39 is 0 Å². The molecule has 0 amide bonds. The second-order valence-electron chi connectivity index (χ2n) is 7.46. The Morgan fingerprint density at radius 1 is 0.950 bits per heavy atom. The molecule has 0 radical (unpaired) electrons. The van der Waals surface area contributed by atoms with Crippen molar-refractivity contribution in [3.05, 3.63) is 34.9 Å². The van der Waals surface area contributed by atoms with Gasteiger partial charge in [-0.2, -0.15) is 0 Å². The number of benzene rings is 1. The van der Waals surface area contributed by atoms with Crippen molar-refractivity contribution >= 4 is 0 Å². The highest BCUT2D eigenvalue weighted by atomic mass is 16.3. The Morgan fingerprint density at radius 2 is 1.55 bits per heavy atom.